The summed E-state index contributed by atoms with van der Waals surface area (Å²) in [6.07, 6.45) is 82.4. The largest absolute Gasteiger partial charge is 0.756 e. The summed E-state index contributed by atoms with van der Waals surface area (Å²) in [6.45, 7) is 4.67. The fourth-order valence-electron chi connectivity index (χ4n) is 10.4. The molecule has 0 heterocycles. The Labute approximate surface area is 492 Å². The molecule has 3 atom stereocenters. The number of carbonyl (C=O) groups excluding carboxylic acids is 1. The van der Waals surface area contributed by atoms with Gasteiger partial charge in [-0.2, -0.15) is 0 Å². The van der Waals surface area contributed by atoms with E-state index in [4.69, 9.17) is 9.05 Å². The van der Waals surface area contributed by atoms with Gasteiger partial charge >= 0.3 is 0 Å². The molecule has 8 nitrogen and oxygen atoms in total. The molecule has 0 spiro atoms. The molecule has 466 valence electrons. The van der Waals surface area contributed by atoms with Crippen LogP contribution in [-0.4, -0.2) is 68.5 Å². The Morgan fingerprint density at radius 2 is 0.747 bits per heavy atom. The zero-order chi connectivity index (χ0) is 57.7. The maximum absolute atomic E-state index is 13.0. The molecule has 0 bridgehead atoms. The predicted molar refractivity (Wildman–Crippen MR) is 344 cm³/mol. The van der Waals surface area contributed by atoms with Gasteiger partial charge in [0.25, 0.3) is 7.82 Å². The molecule has 0 aliphatic carbocycles. The highest BCUT2D eigenvalue weighted by molar-refractivity contribution is 7.45. The predicted octanol–water partition coefficient (Wildman–Crippen LogP) is 21.2. The van der Waals surface area contributed by atoms with E-state index >= 15 is 0 Å². The van der Waals surface area contributed by atoms with Crippen molar-refractivity contribution in [2.75, 3.05) is 40.9 Å². The van der Waals surface area contributed by atoms with Crippen molar-refractivity contribution in [3.8, 4) is 0 Å². The molecule has 2 N–H and O–H groups in total. The van der Waals surface area contributed by atoms with Gasteiger partial charge in [0.15, 0.2) is 0 Å². The number of phosphoric ester groups is 1. The van der Waals surface area contributed by atoms with Gasteiger partial charge in [-0.15, -0.1) is 0 Å². The Kier molecular flexibility index (Phi) is 59.8. The number of quaternary nitrogens is 1. The van der Waals surface area contributed by atoms with Crippen LogP contribution in [0.1, 0.15) is 341 Å². The molecule has 0 aromatic heterocycles. The first-order valence-corrected chi connectivity index (χ1v) is 36.0. The van der Waals surface area contributed by atoms with Crippen LogP contribution in [-0.2, 0) is 18.4 Å². The fourth-order valence-corrected chi connectivity index (χ4v) is 11.1. The highest BCUT2D eigenvalue weighted by Crippen LogP contribution is 2.38. The molecule has 79 heavy (non-hydrogen) atoms. The number of allylic oxidation sites excluding steroid dienone is 7. The number of nitrogens with one attached hydrogen (secondary N) is 1. The van der Waals surface area contributed by atoms with Crippen LogP contribution < -0.4 is 10.2 Å². The van der Waals surface area contributed by atoms with Gasteiger partial charge in [0.05, 0.1) is 39.9 Å². The Bertz CT molecular complexity index is 1430. The van der Waals surface area contributed by atoms with E-state index in [-0.39, 0.29) is 19.1 Å². The van der Waals surface area contributed by atoms with Gasteiger partial charge in [-0.3, -0.25) is 9.36 Å². The number of phosphoric acid groups is 1. The molecular weight excluding hydrogens is 996 g/mol. The number of aliphatic hydroxyl groups is 1. The third kappa shape index (κ3) is 63.9. The first-order valence-electron chi connectivity index (χ1n) is 34.5. The summed E-state index contributed by atoms with van der Waals surface area (Å²) in [5, 5.41) is 13.9. The average molecular weight is 1130 g/mol. The quantitative estimate of drug-likeness (QED) is 0.0272. The van der Waals surface area contributed by atoms with Crippen molar-refractivity contribution in [1.82, 2.24) is 5.32 Å². The van der Waals surface area contributed by atoms with Crippen molar-refractivity contribution in [1.29, 1.82) is 0 Å². The Morgan fingerprint density at radius 1 is 0.443 bits per heavy atom. The van der Waals surface area contributed by atoms with Crippen LogP contribution in [0.15, 0.2) is 48.6 Å². The van der Waals surface area contributed by atoms with Crippen LogP contribution in [0.4, 0.5) is 0 Å². The molecule has 0 rings (SSSR count). The number of carbonyl (C=O) groups is 1. The number of unbranched alkanes of at least 4 members (excludes halogenated alkanes) is 45. The van der Waals surface area contributed by atoms with Crippen molar-refractivity contribution in [3.05, 3.63) is 48.6 Å². The van der Waals surface area contributed by atoms with E-state index in [9.17, 15) is 19.4 Å². The Morgan fingerprint density at radius 3 is 1.10 bits per heavy atom. The highest BCUT2D eigenvalue weighted by atomic mass is 31.2. The summed E-state index contributed by atoms with van der Waals surface area (Å²) >= 11 is 0. The van der Waals surface area contributed by atoms with Gasteiger partial charge in [0.1, 0.15) is 13.2 Å². The minimum Gasteiger partial charge on any atom is -0.756 e. The smallest absolute Gasteiger partial charge is 0.268 e. The third-order valence-electron chi connectivity index (χ3n) is 15.8. The Hall–Kier alpha value is -1.54. The molecule has 0 aromatic carbocycles. The lowest BCUT2D eigenvalue weighted by Gasteiger charge is -2.29. The zero-order valence-electron chi connectivity index (χ0n) is 53.3. The lowest BCUT2D eigenvalue weighted by molar-refractivity contribution is -0.870. The van der Waals surface area contributed by atoms with Gasteiger partial charge < -0.3 is 28.8 Å². The van der Waals surface area contributed by atoms with E-state index < -0.39 is 20.0 Å². The molecule has 0 aliphatic rings. The van der Waals surface area contributed by atoms with E-state index in [1.807, 2.05) is 27.2 Å². The first kappa shape index (κ1) is 77.5. The number of likely N-dealkylation sites (N-methyl/N-ethyl adjacent to an activating group) is 1. The number of amides is 1. The van der Waals surface area contributed by atoms with Gasteiger partial charge in [-0.25, -0.2) is 0 Å². The fraction of sp³-hybridized carbons (Fsp3) is 0.871. The van der Waals surface area contributed by atoms with E-state index in [1.54, 1.807) is 6.08 Å². The van der Waals surface area contributed by atoms with E-state index in [0.717, 1.165) is 44.9 Å². The van der Waals surface area contributed by atoms with Crippen LogP contribution in [0.25, 0.3) is 0 Å². The topological polar surface area (TPSA) is 108 Å². The second-order valence-corrected chi connectivity index (χ2v) is 26.3. The standard InChI is InChI=1S/C70H135N2O6P/c1-6-8-10-12-14-16-18-20-22-24-26-28-30-32-33-34-35-36-37-38-39-40-42-44-46-48-50-52-54-56-58-60-62-64-70(74)71-68(67-78-79(75,76)77-66-65-72(3,4)5)69(73)63-61-59-57-55-53-51-49-47-45-43-41-31-29-27-25-23-21-19-17-15-13-11-9-7-2/h18,20,24,26,53,55,61,63,68-69,73H,6-17,19,21-23,25,27-52,54,56-60,62,64-67H2,1-5H3,(H-,71,74,75,76)/b20-18-,26-24-,55-53+,63-61+. The molecule has 0 radical (unpaired) electrons. The number of nitrogens with zero attached hydrogens (tertiary/aromatic N) is 1. The second kappa shape index (κ2) is 61.0. The van der Waals surface area contributed by atoms with Crippen molar-refractivity contribution < 1.29 is 32.9 Å². The molecule has 0 aromatic rings. The first-order chi connectivity index (χ1) is 38.5. The normalized spacial score (nSPS) is 14.0. The van der Waals surface area contributed by atoms with Crippen LogP contribution in [0, 0.1) is 0 Å². The highest BCUT2D eigenvalue weighted by Gasteiger charge is 2.23. The van der Waals surface area contributed by atoms with Crippen molar-refractivity contribution >= 4 is 13.7 Å². The molecule has 0 fully saturated rings. The van der Waals surface area contributed by atoms with Crippen LogP contribution in [0.3, 0.4) is 0 Å². The third-order valence-corrected chi connectivity index (χ3v) is 16.7. The molecule has 1 amide bonds. The molecule has 9 heteroatoms. The van der Waals surface area contributed by atoms with Crippen molar-refractivity contribution in [3.63, 3.8) is 0 Å². The minimum absolute atomic E-state index is 0.00517. The SMILES string of the molecule is CCCCCCC/C=C\C/C=C\CCCCCCCCCCCCCCCCCCCCCCCC(=O)NC(COP(=O)([O-])OCC[N+](C)(C)C)C(O)/C=C/CC/C=C/CCCCCCCCCCCCCCCCCCCC. The summed E-state index contributed by atoms with van der Waals surface area (Å²) in [6, 6.07) is -0.904. The summed E-state index contributed by atoms with van der Waals surface area (Å²) < 4.78 is 23.4. The van der Waals surface area contributed by atoms with E-state index in [2.05, 4.69) is 55.6 Å². The summed E-state index contributed by atoms with van der Waals surface area (Å²) in [7, 11) is 1.26. The van der Waals surface area contributed by atoms with Gasteiger partial charge in [0, 0.05) is 6.42 Å². The minimum atomic E-state index is -4.61. The molecule has 0 saturated heterocycles. The van der Waals surface area contributed by atoms with E-state index in [1.165, 1.54) is 276 Å². The summed E-state index contributed by atoms with van der Waals surface area (Å²) in [5.41, 5.74) is 0. The van der Waals surface area contributed by atoms with E-state index in [0.29, 0.717) is 17.4 Å². The lowest BCUT2D eigenvalue weighted by atomic mass is 10.0. The van der Waals surface area contributed by atoms with Crippen LogP contribution >= 0.6 is 7.82 Å². The number of rotatable bonds is 64. The van der Waals surface area contributed by atoms with Crippen molar-refractivity contribution in [2.24, 2.45) is 0 Å². The van der Waals surface area contributed by atoms with Crippen LogP contribution in [0.5, 0.6) is 0 Å². The maximum Gasteiger partial charge on any atom is 0.268 e. The summed E-state index contributed by atoms with van der Waals surface area (Å²) in [5.74, 6) is -0.201. The Balaban J connectivity index is 4.06. The monoisotopic (exact) mass is 1130 g/mol. The van der Waals surface area contributed by atoms with Gasteiger partial charge in [-0.05, 0) is 64.2 Å². The molecule has 0 aliphatic heterocycles. The van der Waals surface area contributed by atoms with Gasteiger partial charge in [-0.1, -0.05) is 319 Å². The van der Waals surface area contributed by atoms with Crippen LogP contribution in [0.2, 0.25) is 0 Å². The van der Waals surface area contributed by atoms with Gasteiger partial charge in [0.2, 0.25) is 5.91 Å². The van der Waals surface area contributed by atoms with Crippen molar-refractivity contribution in [2.45, 2.75) is 353 Å². The zero-order valence-corrected chi connectivity index (χ0v) is 54.2. The second-order valence-electron chi connectivity index (χ2n) is 24.9. The lowest BCUT2D eigenvalue weighted by Crippen LogP contribution is -2.45. The molecule has 3 unspecified atom stereocenters. The summed E-state index contributed by atoms with van der Waals surface area (Å²) in [4.78, 5) is 25.6. The number of hydrogen-bond donors (Lipinski definition) is 2. The number of aliphatic hydroxyl groups excluding tert-OH is 1. The molecule has 0 saturated carbocycles. The maximum atomic E-state index is 13.0. The number of hydrogen-bond acceptors (Lipinski definition) is 6. The average Bonchev–Trinajstić information content (AvgIpc) is 3.42. The molecular formula is C70H135N2O6P.